The largest absolute Gasteiger partial charge is 0.372 e. The Labute approximate surface area is 75.2 Å². The maximum Gasteiger partial charge on any atom is 0.265 e. The molecular weight excluding hydrogens is 226 g/mol. The third-order valence-corrected chi connectivity index (χ3v) is 2.30. The van der Waals surface area contributed by atoms with Crippen LogP contribution in [0.15, 0.2) is 0 Å². The van der Waals surface area contributed by atoms with E-state index < -0.39 is 31.7 Å². The second kappa shape index (κ2) is 5.85. The molecule has 0 aliphatic rings. The molecule has 13 heavy (non-hydrogen) atoms. The van der Waals surface area contributed by atoms with E-state index in [0.717, 1.165) is 0 Å². The maximum atomic E-state index is 9.86. The quantitative estimate of drug-likeness (QED) is 0.373. The van der Waals surface area contributed by atoms with Gasteiger partial charge in [0.1, 0.15) is 0 Å². The number of primary amides is 1. The summed E-state index contributed by atoms with van der Waals surface area (Å²) in [6.45, 7) is 0. The van der Waals surface area contributed by atoms with Crippen LogP contribution < -0.4 is 5.73 Å². The highest BCUT2D eigenvalue weighted by atomic mass is 32.2. The van der Waals surface area contributed by atoms with E-state index >= 15 is 0 Å². The highest BCUT2D eigenvalue weighted by molar-refractivity contribution is 7.89. The second-order valence-electron chi connectivity index (χ2n) is 1.71. The van der Waals surface area contributed by atoms with Gasteiger partial charge in [-0.15, -0.1) is 0 Å². The van der Waals surface area contributed by atoms with Gasteiger partial charge in [-0.05, 0) is 0 Å². The molecular formula is C3H9NO7S2. The van der Waals surface area contributed by atoms with E-state index in [4.69, 9.17) is 13.9 Å². The maximum absolute atomic E-state index is 9.86. The zero-order valence-corrected chi connectivity index (χ0v) is 7.95. The Morgan fingerprint density at radius 1 is 1.00 bits per heavy atom. The van der Waals surface area contributed by atoms with Gasteiger partial charge in [0.15, 0.2) is 0 Å². The summed E-state index contributed by atoms with van der Waals surface area (Å²) in [4.78, 5) is 8.58. The molecule has 0 aliphatic carbocycles. The number of hydrogen-bond donors (Lipinski definition) is 3. The van der Waals surface area contributed by atoms with Crippen LogP contribution in [-0.4, -0.2) is 43.9 Å². The topological polar surface area (TPSA) is 152 Å². The van der Waals surface area contributed by atoms with Crippen LogP contribution in [0.3, 0.4) is 0 Å². The number of rotatable bonds is 3. The van der Waals surface area contributed by atoms with Crippen molar-refractivity contribution in [1.29, 1.82) is 0 Å². The molecule has 0 saturated heterocycles. The van der Waals surface area contributed by atoms with Gasteiger partial charge in [-0.3, -0.25) is 13.9 Å². The minimum absolute atomic E-state index is 0.250. The van der Waals surface area contributed by atoms with Crippen molar-refractivity contribution in [2.24, 2.45) is 5.73 Å². The molecule has 10 heteroatoms. The predicted octanol–water partition coefficient (Wildman–Crippen LogP) is -2.14. The Morgan fingerprint density at radius 3 is 1.23 bits per heavy atom. The molecule has 0 rings (SSSR count). The summed E-state index contributed by atoms with van der Waals surface area (Å²) >= 11 is 0. The van der Waals surface area contributed by atoms with E-state index in [9.17, 15) is 16.8 Å². The molecule has 0 aromatic heterocycles. The minimum atomic E-state index is -4.30. The molecule has 0 saturated carbocycles. The van der Waals surface area contributed by atoms with Crippen molar-refractivity contribution in [3.8, 4) is 0 Å². The lowest BCUT2D eigenvalue weighted by molar-refractivity contribution is -0.106. The van der Waals surface area contributed by atoms with Gasteiger partial charge >= 0.3 is 0 Å². The molecule has 0 bridgehead atoms. The zero-order valence-electron chi connectivity index (χ0n) is 6.32. The van der Waals surface area contributed by atoms with Crippen LogP contribution in [0.5, 0.6) is 0 Å². The first-order valence-electron chi connectivity index (χ1n) is 2.68. The Balaban J connectivity index is 0. The van der Waals surface area contributed by atoms with Crippen molar-refractivity contribution in [2.45, 2.75) is 0 Å². The normalized spacial score (nSPS) is 11.2. The highest BCUT2D eigenvalue weighted by Crippen LogP contribution is 1.86. The summed E-state index contributed by atoms with van der Waals surface area (Å²) in [5, 5.41) is 0. The summed E-state index contributed by atoms with van der Waals surface area (Å²) in [5.41, 5.74) is 4.17. The third-order valence-electron chi connectivity index (χ3n) is 0.599. The first-order valence-corrected chi connectivity index (χ1v) is 5.90. The number of carbonyl (C=O) groups excluding carboxylic acids is 1. The fourth-order valence-electron chi connectivity index (χ4n) is 0.211. The van der Waals surface area contributed by atoms with Gasteiger partial charge < -0.3 is 5.73 Å². The molecule has 4 N–H and O–H groups in total. The monoisotopic (exact) mass is 235 g/mol. The van der Waals surface area contributed by atoms with E-state index in [1.54, 1.807) is 0 Å². The van der Waals surface area contributed by atoms with Crippen LogP contribution in [0.4, 0.5) is 0 Å². The fourth-order valence-corrected chi connectivity index (χ4v) is 1.90. The third kappa shape index (κ3) is 24.6. The SMILES string of the molecule is NC=O.O=S(=O)(O)CCS(=O)(=O)O. The summed E-state index contributed by atoms with van der Waals surface area (Å²) in [5.74, 6) is -1.96. The number of hydrogen-bond acceptors (Lipinski definition) is 5. The predicted molar refractivity (Wildman–Crippen MR) is 43.1 cm³/mol. The molecule has 0 aromatic rings. The number of amides is 1. The molecule has 0 unspecified atom stereocenters. The van der Waals surface area contributed by atoms with Crippen LogP contribution in [0.1, 0.15) is 0 Å². The van der Waals surface area contributed by atoms with Gasteiger partial charge in [-0.25, -0.2) is 0 Å². The molecule has 0 atom stereocenters. The Bertz CT molecular complexity index is 295. The second-order valence-corrected chi connectivity index (χ2v) is 4.85. The smallest absolute Gasteiger partial charge is 0.265 e. The van der Waals surface area contributed by atoms with E-state index in [1.165, 1.54) is 0 Å². The fraction of sp³-hybridized carbons (Fsp3) is 0.667. The van der Waals surface area contributed by atoms with Gasteiger partial charge in [0, 0.05) is 0 Å². The van der Waals surface area contributed by atoms with Crippen molar-refractivity contribution in [2.75, 3.05) is 11.5 Å². The molecule has 0 radical (unpaired) electrons. The number of carbonyl (C=O) groups is 1. The van der Waals surface area contributed by atoms with Crippen LogP contribution in [-0.2, 0) is 25.0 Å². The molecule has 8 nitrogen and oxygen atoms in total. The van der Waals surface area contributed by atoms with E-state index in [2.05, 4.69) is 5.73 Å². The lowest BCUT2D eigenvalue weighted by Crippen LogP contribution is -2.15. The summed E-state index contributed by atoms with van der Waals surface area (Å²) in [7, 11) is -8.59. The Hall–Kier alpha value is -0.710. The molecule has 0 fully saturated rings. The Kier molecular flexibility index (Phi) is 6.66. The molecule has 80 valence electrons. The van der Waals surface area contributed by atoms with Gasteiger partial charge in [0.25, 0.3) is 20.2 Å². The van der Waals surface area contributed by atoms with Crippen molar-refractivity contribution in [3.63, 3.8) is 0 Å². The summed E-state index contributed by atoms with van der Waals surface area (Å²) in [6.07, 6.45) is 0.250. The molecule has 1 amide bonds. The lowest BCUT2D eigenvalue weighted by Gasteiger charge is -1.92. The van der Waals surface area contributed by atoms with Gasteiger partial charge in [-0.2, -0.15) is 16.8 Å². The van der Waals surface area contributed by atoms with Crippen LogP contribution in [0, 0.1) is 0 Å². The first-order chi connectivity index (χ1) is 5.62. The van der Waals surface area contributed by atoms with Gasteiger partial charge in [-0.1, -0.05) is 0 Å². The van der Waals surface area contributed by atoms with E-state index in [0.29, 0.717) is 0 Å². The summed E-state index contributed by atoms with van der Waals surface area (Å²) < 4.78 is 55.4. The van der Waals surface area contributed by atoms with Crippen LogP contribution in [0.2, 0.25) is 0 Å². The van der Waals surface area contributed by atoms with Gasteiger partial charge in [0.2, 0.25) is 6.41 Å². The van der Waals surface area contributed by atoms with Crippen molar-refractivity contribution >= 4 is 26.6 Å². The average molecular weight is 235 g/mol. The highest BCUT2D eigenvalue weighted by Gasteiger charge is 2.11. The zero-order chi connectivity index (χ0) is 11.1. The first kappa shape index (κ1) is 14.8. The standard InChI is InChI=1S/C2H6O6S2.CH3NO/c3-9(4,5)1-2-10(6,7)8;2-1-3/h1-2H2,(H,3,4,5)(H,6,7,8);1H,(H2,2,3). The van der Waals surface area contributed by atoms with E-state index in [1.807, 2.05) is 0 Å². The van der Waals surface area contributed by atoms with Gasteiger partial charge in [0.05, 0.1) is 11.5 Å². The summed E-state index contributed by atoms with van der Waals surface area (Å²) in [6, 6.07) is 0. The van der Waals surface area contributed by atoms with Crippen LogP contribution >= 0.6 is 0 Å². The molecule has 0 aliphatic heterocycles. The van der Waals surface area contributed by atoms with Crippen molar-refractivity contribution in [1.82, 2.24) is 0 Å². The number of nitrogens with two attached hydrogens (primary N) is 1. The minimum Gasteiger partial charge on any atom is -0.372 e. The van der Waals surface area contributed by atoms with Crippen LogP contribution in [0.25, 0.3) is 0 Å². The van der Waals surface area contributed by atoms with Crippen molar-refractivity contribution < 1.29 is 30.7 Å². The van der Waals surface area contributed by atoms with Crippen molar-refractivity contribution in [3.05, 3.63) is 0 Å². The van der Waals surface area contributed by atoms with E-state index in [-0.39, 0.29) is 6.41 Å². The molecule has 0 heterocycles. The Morgan fingerprint density at radius 2 is 1.15 bits per heavy atom. The molecule has 0 aromatic carbocycles. The lowest BCUT2D eigenvalue weighted by atomic mass is 11.0. The molecule has 0 spiro atoms. The average Bonchev–Trinajstić information content (AvgIpc) is 1.82.